The van der Waals surface area contributed by atoms with E-state index in [-0.39, 0.29) is 13.2 Å². The highest BCUT2D eigenvalue weighted by Crippen LogP contribution is 2.46. The van der Waals surface area contributed by atoms with Crippen LogP contribution in [0.4, 0.5) is 0 Å². The molecule has 30 heavy (non-hydrogen) atoms. The van der Waals surface area contributed by atoms with Crippen LogP contribution >= 0.6 is 0 Å². The van der Waals surface area contributed by atoms with Crippen molar-refractivity contribution < 1.29 is 37.2 Å². The zero-order valence-electron chi connectivity index (χ0n) is 17.5. The smallest absolute Gasteiger partial charge is 0.214 e. The van der Waals surface area contributed by atoms with Gasteiger partial charge < -0.3 is 28.8 Å². The summed E-state index contributed by atoms with van der Waals surface area (Å²) in [5, 5.41) is 11.6. The molecule has 4 rings (SSSR count). The predicted molar refractivity (Wildman–Crippen MR) is 106 cm³/mol. The zero-order valence-corrected chi connectivity index (χ0v) is 18.3. The zero-order chi connectivity index (χ0) is 21.8. The Labute approximate surface area is 176 Å². The molecule has 3 aliphatic heterocycles. The predicted octanol–water partition coefficient (Wildman–Crippen LogP) is 0.865. The first-order chi connectivity index (χ1) is 13.9. The van der Waals surface area contributed by atoms with Crippen LogP contribution in [0.5, 0.6) is 0 Å². The molecule has 2 N–H and O–H groups in total. The molecule has 3 fully saturated rings. The molecule has 0 amide bonds. The maximum Gasteiger partial charge on any atom is 0.214 e. The van der Waals surface area contributed by atoms with Gasteiger partial charge in [-0.15, -0.1) is 0 Å². The Morgan fingerprint density at radius 3 is 2.37 bits per heavy atom. The number of sulfonamides is 1. The van der Waals surface area contributed by atoms with E-state index < -0.39 is 57.6 Å². The van der Waals surface area contributed by atoms with Crippen molar-refractivity contribution in [3.05, 3.63) is 35.9 Å². The van der Waals surface area contributed by atoms with E-state index in [0.717, 1.165) is 5.56 Å². The van der Waals surface area contributed by atoms with E-state index >= 15 is 0 Å². The van der Waals surface area contributed by atoms with Crippen LogP contribution in [0.3, 0.4) is 0 Å². The van der Waals surface area contributed by atoms with E-state index in [2.05, 4.69) is 4.72 Å². The van der Waals surface area contributed by atoms with Gasteiger partial charge in [-0.3, -0.25) is 0 Å². The molecule has 0 unspecified atom stereocenters. The molecule has 0 saturated carbocycles. The molecule has 3 heterocycles. The van der Waals surface area contributed by atoms with Crippen molar-refractivity contribution in [2.75, 3.05) is 12.4 Å². The molecular formula is C20H29NO8S. The second-order valence-corrected chi connectivity index (χ2v) is 10.7. The van der Waals surface area contributed by atoms with Gasteiger partial charge in [0, 0.05) is 6.54 Å². The number of aliphatic hydroxyl groups is 1. The first-order valence-corrected chi connectivity index (χ1v) is 11.6. The van der Waals surface area contributed by atoms with Gasteiger partial charge in [0.1, 0.15) is 23.9 Å². The molecule has 10 heteroatoms. The third-order valence-corrected chi connectivity index (χ3v) is 6.88. The first-order valence-electron chi connectivity index (χ1n) is 9.96. The van der Waals surface area contributed by atoms with Gasteiger partial charge in [0.15, 0.2) is 17.9 Å². The van der Waals surface area contributed by atoms with Crippen LogP contribution in [0.1, 0.15) is 33.3 Å². The van der Waals surface area contributed by atoms with Crippen LogP contribution in [0.15, 0.2) is 30.3 Å². The van der Waals surface area contributed by atoms with Crippen LogP contribution < -0.4 is 4.72 Å². The molecule has 5 atom stereocenters. The molecule has 3 saturated heterocycles. The van der Waals surface area contributed by atoms with Crippen molar-refractivity contribution in [1.82, 2.24) is 4.72 Å². The molecule has 0 aromatic heterocycles. The summed E-state index contributed by atoms with van der Waals surface area (Å²) < 4.78 is 57.3. The average Bonchev–Trinajstić information content (AvgIpc) is 3.23. The summed E-state index contributed by atoms with van der Waals surface area (Å²) in [6, 6.07) is 9.14. The summed E-state index contributed by atoms with van der Waals surface area (Å²) >= 11 is 0. The van der Waals surface area contributed by atoms with Gasteiger partial charge in [-0.1, -0.05) is 30.3 Å². The molecule has 0 aliphatic carbocycles. The molecule has 0 bridgehead atoms. The van der Waals surface area contributed by atoms with Gasteiger partial charge in [0.05, 0.1) is 12.4 Å². The molecule has 168 valence electrons. The van der Waals surface area contributed by atoms with Crippen LogP contribution in [-0.2, 0) is 40.3 Å². The maximum atomic E-state index is 12.9. The van der Waals surface area contributed by atoms with Gasteiger partial charge in [-0.25, -0.2) is 13.1 Å². The standard InChI is InChI=1S/C20H29NO8S/c1-18(2)25-11-14(27-18)15-20(22,16-17(26-15)29-19(3,4)28-16)12-30(23,24)21-10-13-8-6-5-7-9-13/h5-9,14-17,21-22H,10-12H2,1-4H3/t14-,15-,16+,17-,20-/m1/s1. The fraction of sp³-hybridized carbons (Fsp3) is 0.700. The van der Waals surface area contributed by atoms with Crippen molar-refractivity contribution in [2.24, 2.45) is 0 Å². The number of rotatable bonds is 6. The normalized spacial score (nSPS) is 37.4. The highest BCUT2D eigenvalue weighted by molar-refractivity contribution is 7.89. The number of benzene rings is 1. The van der Waals surface area contributed by atoms with Crippen LogP contribution in [-0.4, -0.2) is 67.7 Å². The monoisotopic (exact) mass is 443 g/mol. The van der Waals surface area contributed by atoms with E-state index in [4.69, 9.17) is 23.7 Å². The SMILES string of the molecule is CC1(C)OC[C@H]([C@H]2O[C@@H]3OC(C)(C)O[C@@H]3[C@@]2(O)CS(=O)(=O)NCc2ccccc2)O1. The van der Waals surface area contributed by atoms with Crippen molar-refractivity contribution >= 4 is 10.0 Å². The van der Waals surface area contributed by atoms with E-state index in [9.17, 15) is 13.5 Å². The fourth-order valence-electron chi connectivity index (χ4n) is 4.17. The molecule has 1 aromatic rings. The van der Waals surface area contributed by atoms with Crippen molar-refractivity contribution in [1.29, 1.82) is 0 Å². The summed E-state index contributed by atoms with van der Waals surface area (Å²) in [5.41, 5.74) is -1.09. The Balaban J connectivity index is 1.55. The van der Waals surface area contributed by atoms with Crippen LogP contribution in [0, 0.1) is 0 Å². The van der Waals surface area contributed by atoms with E-state index in [1.54, 1.807) is 27.7 Å². The lowest BCUT2D eigenvalue weighted by Crippen LogP contribution is -2.59. The highest BCUT2D eigenvalue weighted by Gasteiger charge is 2.67. The van der Waals surface area contributed by atoms with Gasteiger partial charge in [-0.2, -0.15) is 0 Å². The molecular weight excluding hydrogens is 414 g/mol. The summed E-state index contributed by atoms with van der Waals surface area (Å²) in [6.45, 7) is 7.12. The lowest BCUT2D eigenvalue weighted by Gasteiger charge is -2.35. The number of hydrogen-bond donors (Lipinski definition) is 2. The average molecular weight is 444 g/mol. The van der Waals surface area contributed by atoms with Crippen LogP contribution in [0.25, 0.3) is 0 Å². The first kappa shape index (κ1) is 22.1. The van der Waals surface area contributed by atoms with Gasteiger partial charge in [-0.05, 0) is 33.3 Å². The maximum absolute atomic E-state index is 12.9. The number of hydrogen-bond acceptors (Lipinski definition) is 8. The Bertz CT molecular complexity index is 874. The largest absolute Gasteiger partial charge is 0.383 e. The minimum absolute atomic E-state index is 0.109. The Morgan fingerprint density at radius 2 is 1.73 bits per heavy atom. The van der Waals surface area contributed by atoms with Crippen LogP contribution in [0.2, 0.25) is 0 Å². The highest BCUT2D eigenvalue weighted by atomic mass is 32.2. The van der Waals surface area contributed by atoms with E-state index in [0.29, 0.717) is 0 Å². The molecule has 9 nitrogen and oxygen atoms in total. The van der Waals surface area contributed by atoms with E-state index in [1.165, 1.54) is 0 Å². The Hall–Kier alpha value is -1.11. The van der Waals surface area contributed by atoms with E-state index in [1.807, 2.05) is 30.3 Å². The third kappa shape index (κ3) is 4.42. The lowest BCUT2D eigenvalue weighted by molar-refractivity contribution is -0.244. The second-order valence-electron chi connectivity index (χ2n) is 8.91. The summed E-state index contributed by atoms with van der Waals surface area (Å²) in [4.78, 5) is 0. The van der Waals surface area contributed by atoms with Crippen molar-refractivity contribution in [2.45, 2.75) is 76.0 Å². The Kier molecular flexibility index (Phi) is 5.52. The summed E-state index contributed by atoms with van der Waals surface area (Å²) in [7, 11) is -3.90. The second kappa shape index (κ2) is 7.49. The lowest BCUT2D eigenvalue weighted by atomic mass is 9.91. The minimum Gasteiger partial charge on any atom is -0.383 e. The fourth-order valence-corrected chi connectivity index (χ4v) is 5.60. The number of fused-ring (bicyclic) bond motifs is 1. The molecule has 0 spiro atoms. The van der Waals surface area contributed by atoms with Crippen molar-refractivity contribution in [3.63, 3.8) is 0 Å². The van der Waals surface area contributed by atoms with Gasteiger partial charge in [0.2, 0.25) is 10.0 Å². The molecule has 3 aliphatic rings. The van der Waals surface area contributed by atoms with Gasteiger partial charge >= 0.3 is 0 Å². The summed E-state index contributed by atoms with van der Waals surface area (Å²) in [5.74, 6) is -2.50. The minimum atomic E-state index is -3.90. The molecule has 1 aromatic carbocycles. The number of ether oxygens (including phenoxy) is 5. The topological polar surface area (TPSA) is 113 Å². The Morgan fingerprint density at radius 1 is 1.03 bits per heavy atom. The number of nitrogens with one attached hydrogen (secondary N) is 1. The quantitative estimate of drug-likeness (QED) is 0.666. The van der Waals surface area contributed by atoms with Crippen molar-refractivity contribution in [3.8, 4) is 0 Å². The molecule has 0 radical (unpaired) electrons. The third-order valence-electron chi connectivity index (χ3n) is 5.45. The van der Waals surface area contributed by atoms with Gasteiger partial charge in [0.25, 0.3) is 0 Å². The summed E-state index contributed by atoms with van der Waals surface area (Å²) in [6.07, 6.45) is -3.57.